The first-order valence-corrected chi connectivity index (χ1v) is 9.04. The summed E-state index contributed by atoms with van der Waals surface area (Å²) in [5.41, 5.74) is 2.72. The van der Waals surface area contributed by atoms with Crippen molar-refractivity contribution in [3.63, 3.8) is 0 Å². The Morgan fingerprint density at radius 3 is 2.44 bits per heavy atom. The Balaban J connectivity index is 1.42. The van der Waals surface area contributed by atoms with Crippen LogP contribution in [0.4, 0.5) is 5.82 Å². The van der Waals surface area contributed by atoms with E-state index in [-0.39, 0.29) is 5.91 Å². The summed E-state index contributed by atoms with van der Waals surface area (Å²) in [5, 5.41) is 7.55. The third kappa shape index (κ3) is 3.51. The minimum Gasteiger partial charge on any atom is -0.496 e. The highest BCUT2D eigenvalue weighted by molar-refractivity contribution is 5.97. The van der Waals surface area contributed by atoms with E-state index in [2.05, 4.69) is 33.3 Å². The van der Waals surface area contributed by atoms with Crippen LogP contribution in [0.5, 0.6) is 5.75 Å². The molecule has 2 heterocycles. The summed E-state index contributed by atoms with van der Waals surface area (Å²) >= 11 is 0. The number of methoxy groups -OCH3 is 1. The van der Waals surface area contributed by atoms with Crippen LogP contribution < -0.4 is 9.64 Å². The molecule has 1 saturated heterocycles. The lowest BCUT2D eigenvalue weighted by Crippen LogP contribution is -2.49. The molecule has 2 aromatic carbocycles. The zero-order valence-electron chi connectivity index (χ0n) is 15.3. The van der Waals surface area contributed by atoms with E-state index in [0.717, 1.165) is 30.2 Å². The number of para-hydroxylation sites is 1. The number of nitrogens with zero attached hydrogens (tertiary/aromatic N) is 3. The highest BCUT2D eigenvalue weighted by atomic mass is 16.5. The SMILES string of the molecule is COc1ccccc1C(=O)N1CCN(c2cc(-c3ccccc3)[nH]n2)CC1. The molecule has 1 aliphatic rings. The molecule has 1 amide bonds. The Labute approximate surface area is 158 Å². The third-order valence-electron chi connectivity index (χ3n) is 4.88. The molecule has 1 aliphatic heterocycles. The number of anilines is 1. The van der Waals surface area contributed by atoms with Crippen molar-refractivity contribution in [1.29, 1.82) is 0 Å². The average molecular weight is 362 g/mol. The van der Waals surface area contributed by atoms with Crippen LogP contribution in [-0.4, -0.2) is 54.3 Å². The maximum absolute atomic E-state index is 12.8. The molecule has 0 bridgehead atoms. The van der Waals surface area contributed by atoms with Crippen molar-refractivity contribution in [1.82, 2.24) is 15.1 Å². The first-order chi connectivity index (χ1) is 13.3. The monoisotopic (exact) mass is 362 g/mol. The fourth-order valence-corrected chi connectivity index (χ4v) is 3.37. The van der Waals surface area contributed by atoms with Gasteiger partial charge in [-0.25, -0.2) is 0 Å². The van der Waals surface area contributed by atoms with Crippen molar-refractivity contribution in [3.8, 4) is 17.0 Å². The van der Waals surface area contributed by atoms with Crippen LogP contribution in [0.1, 0.15) is 10.4 Å². The number of aromatic amines is 1. The minimum atomic E-state index is 0.0131. The maximum atomic E-state index is 12.8. The maximum Gasteiger partial charge on any atom is 0.257 e. The lowest BCUT2D eigenvalue weighted by Gasteiger charge is -2.35. The predicted molar refractivity (Wildman–Crippen MR) is 105 cm³/mol. The first-order valence-electron chi connectivity index (χ1n) is 9.04. The standard InChI is InChI=1S/C21H22N4O2/c1-27-19-10-6-5-9-17(19)21(26)25-13-11-24(12-14-25)20-15-18(22-23-20)16-7-3-2-4-8-16/h2-10,15H,11-14H2,1H3,(H,22,23). The molecule has 6 nitrogen and oxygen atoms in total. The summed E-state index contributed by atoms with van der Waals surface area (Å²) in [6.07, 6.45) is 0. The third-order valence-corrected chi connectivity index (χ3v) is 4.88. The van der Waals surface area contributed by atoms with Gasteiger partial charge in [0.05, 0.1) is 18.4 Å². The number of aromatic nitrogens is 2. The highest BCUT2D eigenvalue weighted by Gasteiger charge is 2.25. The number of carbonyl (C=O) groups is 1. The van der Waals surface area contributed by atoms with Crippen molar-refractivity contribution in [2.24, 2.45) is 0 Å². The van der Waals surface area contributed by atoms with Gasteiger partial charge in [0.25, 0.3) is 5.91 Å². The predicted octanol–water partition coefficient (Wildman–Crippen LogP) is 3.05. The summed E-state index contributed by atoms with van der Waals surface area (Å²) in [7, 11) is 1.59. The normalized spacial score (nSPS) is 14.3. The van der Waals surface area contributed by atoms with Crippen molar-refractivity contribution in [2.75, 3.05) is 38.2 Å². The lowest BCUT2D eigenvalue weighted by molar-refractivity contribution is 0.0743. The highest BCUT2D eigenvalue weighted by Crippen LogP contribution is 2.24. The van der Waals surface area contributed by atoms with Gasteiger partial charge in [-0.1, -0.05) is 42.5 Å². The zero-order chi connectivity index (χ0) is 18.6. The number of amides is 1. The van der Waals surface area contributed by atoms with E-state index in [1.807, 2.05) is 47.4 Å². The summed E-state index contributed by atoms with van der Waals surface area (Å²) in [6.45, 7) is 2.81. The van der Waals surface area contributed by atoms with Crippen LogP contribution in [0, 0.1) is 0 Å². The van der Waals surface area contributed by atoms with Gasteiger partial charge in [0.2, 0.25) is 0 Å². The number of benzene rings is 2. The van der Waals surface area contributed by atoms with Crippen molar-refractivity contribution < 1.29 is 9.53 Å². The van der Waals surface area contributed by atoms with E-state index < -0.39 is 0 Å². The molecule has 0 unspecified atom stereocenters. The number of piperazine rings is 1. The molecule has 0 saturated carbocycles. The molecular weight excluding hydrogens is 340 g/mol. The fraction of sp³-hybridized carbons (Fsp3) is 0.238. The largest absolute Gasteiger partial charge is 0.496 e. The van der Waals surface area contributed by atoms with E-state index in [0.29, 0.717) is 24.4 Å². The minimum absolute atomic E-state index is 0.0131. The number of hydrogen-bond acceptors (Lipinski definition) is 4. The van der Waals surface area contributed by atoms with Gasteiger partial charge in [-0.3, -0.25) is 9.89 Å². The summed E-state index contributed by atoms with van der Waals surface area (Å²) in [6, 6.07) is 19.6. The topological polar surface area (TPSA) is 61.5 Å². The Kier molecular flexibility index (Phi) is 4.78. The molecule has 1 fully saturated rings. The van der Waals surface area contributed by atoms with Crippen LogP contribution in [0.3, 0.4) is 0 Å². The summed E-state index contributed by atoms with van der Waals surface area (Å²) < 4.78 is 5.32. The zero-order valence-corrected chi connectivity index (χ0v) is 15.3. The van der Waals surface area contributed by atoms with Gasteiger partial charge < -0.3 is 14.5 Å². The first kappa shape index (κ1) is 17.1. The molecular formula is C21H22N4O2. The second kappa shape index (κ2) is 7.53. The van der Waals surface area contributed by atoms with Gasteiger partial charge >= 0.3 is 0 Å². The van der Waals surface area contributed by atoms with E-state index >= 15 is 0 Å². The Morgan fingerprint density at radius 2 is 1.70 bits per heavy atom. The Bertz CT molecular complexity index is 915. The Morgan fingerprint density at radius 1 is 1.00 bits per heavy atom. The smallest absolute Gasteiger partial charge is 0.257 e. The van der Waals surface area contributed by atoms with Crippen LogP contribution in [-0.2, 0) is 0 Å². The van der Waals surface area contributed by atoms with Gasteiger partial charge in [0.15, 0.2) is 5.82 Å². The Hall–Kier alpha value is -3.28. The van der Waals surface area contributed by atoms with E-state index in [9.17, 15) is 4.79 Å². The molecule has 0 radical (unpaired) electrons. The van der Waals surface area contributed by atoms with Crippen molar-refractivity contribution in [2.45, 2.75) is 0 Å². The number of H-pyrrole nitrogens is 1. The quantitative estimate of drug-likeness (QED) is 0.775. The number of rotatable bonds is 4. The van der Waals surface area contributed by atoms with Crippen LogP contribution >= 0.6 is 0 Å². The second-order valence-electron chi connectivity index (χ2n) is 6.49. The molecule has 3 aromatic rings. The lowest BCUT2D eigenvalue weighted by atomic mass is 10.1. The van der Waals surface area contributed by atoms with Crippen molar-refractivity contribution >= 4 is 11.7 Å². The number of hydrogen-bond donors (Lipinski definition) is 1. The molecule has 0 aliphatic carbocycles. The van der Waals surface area contributed by atoms with E-state index in [1.165, 1.54) is 0 Å². The molecule has 1 N–H and O–H groups in total. The molecule has 0 spiro atoms. The number of nitrogens with one attached hydrogen (secondary N) is 1. The van der Waals surface area contributed by atoms with Crippen LogP contribution in [0.25, 0.3) is 11.3 Å². The van der Waals surface area contributed by atoms with Crippen LogP contribution in [0.2, 0.25) is 0 Å². The number of ether oxygens (including phenoxy) is 1. The van der Waals surface area contributed by atoms with E-state index in [1.54, 1.807) is 7.11 Å². The average Bonchev–Trinajstić information content (AvgIpc) is 3.24. The van der Waals surface area contributed by atoms with Gasteiger partial charge in [0, 0.05) is 32.2 Å². The molecule has 6 heteroatoms. The van der Waals surface area contributed by atoms with Gasteiger partial charge in [-0.05, 0) is 17.7 Å². The summed E-state index contributed by atoms with van der Waals surface area (Å²) in [5.74, 6) is 1.54. The molecule has 138 valence electrons. The van der Waals surface area contributed by atoms with E-state index in [4.69, 9.17) is 4.74 Å². The molecule has 4 rings (SSSR count). The van der Waals surface area contributed by atoms with Crippen molar-refractivity contribution in [3.05, 3.63) is 66.2 Å². The molecule has 27 heavy (non-hydrogen) atoms. The van der Waals surface area contributed by atoms with Gasteiger partial charge in [0.1, 0.15) is 5.75 Å². The number of carbonyl (C=O) groups excluding carboxylic acids is 1. The van der Waals surface area contributed by atoms with Gasteiger partial charge in [-0.15, -0.1) is 0 Å². The molecule has 1 aromatic heterocycles. The van der Waals surface area contributed by atoms with Crippen LogP contribution in [0.15, 0.2) is 60.7 Å². The fourth-order valence-electron chi connectivity index (χ4n) is 3.37. The second-order valence-corrected chi connectivity index (χ2v) is 6.49. The summed E-state index contributed by atoms with van der Waals surface area (Å²) in [4.78, 5) is 16.9. The molecule has 0 atom stereocenters. The van der Waals surface area contributed by atoms with Gasteiger partial charge in [-0.2, -0.15) is 5.10 Å².